The standard InChI is InChI=1S/C17H17N3O/c1-11-6-7-12(2)14(8-11)10-16-19-17(20-21-16)13-4-3-5-15(18)9-13/h3-9H,10,18H2,1-2H3. The van der Waals surface area contributed by atoms with Crippen LogP contribution in [0.15, 0.2) is 47.0 Å². The molecule has 2 N–H and O–H groups in total. The molecule has 0 fully saturated rings. The van der Waals surface area contributed by atoms with Crippen LogP contribution in [-0.4, -0.2) is 10.1 Å². The van der Waals surface area contributed by atoms with Crippen molar-refractivity contribution >= 4 is 5.69 Å². The Balaban J connectivity index is 1.87. The van der Waals surface area contributed by atoms with Crippen LogP contribution in [0.25, 0.3) is 11.4 Å². The van der Waals surface area contributed by atoms with Gasteiger partial charge in [-0.2, -0.15) is 4.98 Å². The lowest BCUT2D eigenvalue weighted by Gasteiger charge is -2.03. The second-order valence-corrected chi connectivity index (χ2v) is 5.24. The summed E-state index contributed by atoms with van der Waals surface area (Å²) in [6.45, 7) is 4.17. The van der Waals surface area contributed by atoms with Gasteiger partial charge in [-0.05, 0) is 37.1 Å². The van der Waals surface area contributed by atoms with Crippen LogP contribution >= 0.6 is 0 Å². The molecular formula is C17H17N3O. The minimum atomic E-state index is 0.572. The highest BCUT2D eigenvalue weighted by molar-refractivity contribution is 5.60. The zero-order valence-electron chi connectivity index (χ0n) is 12.1. The van der Waals surface area contributed by atoms with E-state index in [1.54, 1.807) is 0 Å². The third-order valence-electron chi connectivity index (χ3n) is 3.46. The van der Waals surface area contributed by atoms with Crippen LogP contribution in [-0.2, 0) is 6.42 Å². The average Bonchev–Trinajstić information content (AvgIpc) is 2.91. The van der Waals surface area contributed by atoms with E-state index in [2.05, 4.69) is 42.2 Å². The Labute approximate surface area is 123 Å². The van der Waals surface area contributed by atoms with Crippen molar-refractivity contribution in [3.8, 4) is 11.4 Å². The molecule has 3 rings (SSSR count). The normalized spacial score (nSPS) is 10.8. The van der Waals surface area contributed by atoms with Gasteiger partial charge < -0.3 is 10.3 Å². The molecule has 0 saturated carbocycles. The van der Waals surface area contributed by atoms with E-state index in [1.165, 1.54) is 16.7 Å². The average molecular weight is 279 g/mol. The van der Waals surface area contributed by atoms with Gasteiger partial charge in [-0.15, -0.1) is 0 Å². The first-order valence-corrected chi connectivity index (χ1v) is 6.86. The van der Waals surface area contributed by atoms with E-state index in [4.69, 9.17) is 10.3 Å². The van der Waals surface area contributed by atoms with E-state index < -0.39 is 0 Å². The fourth-order valence-electron chi connectivity index (χ4n) is 2.28. The highest BCUT2D eigenvalue weighted by Crippen LogP contribution is 2.20. The van der Waals surface area contributed by atoms with Crippen molar-refractivity contribution < 1.29 is 4.52 Å². The van der Waals surface area contributed by atoms with Gasteiger partial charge in [-0.3, -0.25) is 0 Å². The topological polar surface area (TPSA) is 64.9 Å². The fourth-order valence-corrected chi connectivity index (χ4v) is 2.28. The molecule has 1 heterocycles. The van der Waals surface area contributed by atoms with E-state index in [0.717, 1.165) is 5.56 Å². The maximum Gasteiger partial charge on any atom is 0.231 e. The monoisotopic (exact) mass is 279 g/mol. The second-order valence-electron chi connectivity index (χ2n) is 5.24. The third kappa shape index (κ3) is 2.94. The molecule has 0 amide bonds. The van der Waals surface area contributed by atoms with Crippen LogP contribution in [0.3, 0.4) is 0 Å². The first-order valence-electron chi connectivity index (χ1n) is 6.86. The molecule has 0 atom stereocenters. The van der Waals surface area contributed by atoms with Crippen molar-refractivity contribution in [2.45, 2.75) is 20.3 Å². The number of hydrogen-bond acceptors (Lipinski definition) is 4. The fraction of sp³-hybridized carbons (Fsp3) is 0.176. The summed E-state index contributed by atoms with van der Waals surface area (Å²) in [5.41, 5.74) is 11.0. The Morgan fingerprint density at radius 3 is 2.76 bits per heavy atom. The van der Waals surface area contributed by atoms with Crippen molar-refractivity contribution in [1.29, 1.82) is 0 Å². The van der Waals surface area contributed by atoms with Gasteiger partial charge in [0, 0.05) is 11.3 Å². The van der Waals surface area contributed by atoms with Gasteiger partial charge in [0.2, 0.25) is 11.7 Å². The highest BCUT2D eigenvalue weighted by Gasteiger charge is 2.10. The Morgan fingerprint density at radius 1 is 1.10 bits per heavy atom. The van der Waals surface area contributed by atoms with Gasteiger partial charge in [-0.25, -0.2) is 0 Å². The van der Waals surface area contributed by atoms with E-state index in [1.807, 2.05) is 24.3 Å². The number of benzene rings is 2. The van der Waals surface area contributed by atoms with E-state index in [0.29, 0.717) is 23.8 Å². The SMILES string of the molecule is Cc1ccc(C)c(Cc2nc(-c3cccc(N)c3)no2)c1. The number of aromatic nitrogens is 2. The molecule has 0 saturated heterocycles. The number of rotatable bonds is 3. The highest BCUT2D eigenvalue weighted by atomic mass is 16.5. The smallest absolute Gasteiger partial charge is 0.231 e. The van der Waals surface area contributed by atoms with Gasteiger partial charge in [0.15, 0.2) is 0 Å². The summed E-state index contributed by atoms with van der Waals surface area (Å²) in [6, 6.07) is 13.8. The molecule has 106 valence electrons. The molecule has 0 unspecified atom stereocenters. The predicted molar refractivity (Wildman–Crippen MR) is 82.9 cm³/mol. The van der Waals surface area contributed by atoms with Crippen LogP contribution in [0.2, 0.25) is 0 Å². The molecule has 3 aromatic rings. The quantitative estimate of drug-likeness (QED) is 0.745. The van der Waals surface area contributed by atoms with Crippen molar-refractivity contribution in [1.82, 2.24) is 10.1 Å². The molecule has 0 radical (unpaired) electrons. The summed E-state index contributed by atoms with van der Waals surface area (Å²) >= 11 is 0. The number of aryl methyl sites for hydroxylation is 2. The number of hydrogen-bond donors (Lipinski definition) is 1. The largest absolute Gasteiger partial charge is 0.399 e. The molecular weight excluding hydrogens is 262 g/mol. The molecule has 0 spiro atoms. The summed E-state index contributed by atoms with van der Waals surface area (Å²) in [5, 5.41) is 4.03. The predicted octanol–water partition coefficient (Wildman–Crippen LogP) is 3.53. The minimum Gasteiger partial charge on any atom is -0.399 e. The van der Waals surface area contributed by atoms with E-state index >= 15 is 0 Å². The first-order chi connectivity index (χ1) is 10.1. The number of nitrogen functional groups attached to an aromatic ring is 1. The Hall–Kier alpha value is -2.62. The van der Waals surface area contributed by atoms with Gasteiger partial charge >= 0.3 is 0 Å². The van der Waals surface area contributed by atoms with Crippen molar-refractivity contribution in [3.05, 3.63) is 65.0 Å². The van der Waals surface area contributed by atoms with Crippen molar-refractivity contribution in [3.63, 3.8) is 0 Å². The summed E-state index contributed by atoms with van der Waals surface area (Å²) < 4.78 is 5.36. The Morgan fingerprint density at radius 2 is 1.95 bits per heavy atom. The lowest BCUT2D eigenvalue weighted by Crippen LogP contribution is -1.93. The van der Waals surface area contributed by atoms with Crippen LogP contribution in [0, 0.1) is 13.8 Å². The molecule has 4 heteroatoms. The van der Waals surface area contributed by atoms with E-state index in [-0.39, 0.29) is 0 Å². The summed E-state index contributed by atoms with van der Waals surface area (Å²) in [5.74, 6) is 1.18. The number of anilines is 1. The maximum absolute atomic E-state index is 5.78. The molecule has 0 aliphatic heterocycles. The summed E-state index contributed by atoms with van der Waals surface area (Å²) in [6.07, 6.45) is 0.642. The molecule has 0 aliphatic carbocycles. The van der Waals surface area contributed by atoms with Gasteiger partial charge in [-0.1, -0.05) is 41.1 Å². The van der Waals surface area contributed by atoms with E-state index in [9.17, 15) is 0 Å². The Bertz CT molecular complexity index is 777. The van der Waals surface area contributed by atoms with Crippen LogP contribution in [0.4, 0.5) is 5.69 Å². The van der Waals surface area contributed by atoms with Crippen molar-refractivity contribution in [2.24, 2.45) is 0 Å². The summed E-state index contributed by atoms with van der Waals surface area (Å²) in [4.78, 5) is 4.45. The van der Waals surface area contributed by atoms with Gasteiger partial charge in [0.25, 0.3) is 0 Å². The van der Waals surface area contributed by atoms with Crippen LogP contribution in [0.1, 0.15) is 22.6 Å². The Kier molecular flexibility index (Phi) is 3.44. The number of nitrogens with two attached hydrogens (primary N) is 1. The second kappa shape index (κ2) is 5.40. The molecule has 4 nitrogen and oxygen atoms in total. The van der Waals surface area contributed by atoms with Gasteiger partial charge in [0.05, 0.1) is 6.42 Å². The lowest BCUT2D eigenvalue weighted by molar-refractivity contribution is 0.385. The third-order valence-corrected chi connectivity index (χ3v) is 3.46. The van der Waals surface area contributed by atoms with Crippen molar-refractivity contribution in [2.75, 3.05) is 5.73 Å². The zero-order valence-corrected chi connectivity index (χ0v) is 12.1. The number of nitrogens with zero attached hydrogens (tertiary/aromatic N) is 2. The first kappa shape index (κ1) is 13.4. The summed E-state index contributed by atoms with van der Waals surface area (Å²) in [7, 11) is 0. The van der Waals surface area contributed by atoms with Crippen LogP contribution in [0.5, 0.6) is 0 Å². The van der Waals surface area contributed by atoms with Gasteiger partial charge in [0.1, 0.15) is 0 Å². The van der Waals surface area contributed by atoms with Crippen LogP contribution < -0.4 is 5.73 Å². The zero-order chi connectivity index (χ0) is 14.8. The molecule has 21 heavy (non-hydrogen) atoms. The minimum absolute atomic E-state index is 0.572. The molecule has 0 aliphatic rings. The molecule has 2 aromatic carbocycles. The molecule has 1 aromatic heterocycles. The maximum atomic E-state index is 5.78. The lowest BCUT2D eigenvalue weighted by atomic mass is 10.0. The molecule has 0 bridgehead atoms.